The third-order valence-corrected chi connectivity index (χ3v) is 3.42. The first-order chi connectivity index (χ1) is 7.89. The first kappa shape index (κ1) is 24.5. The second-order valence-electron chi connectivity index (χ2n) is 4.90. The average Bonchev–Trinajstić information content (AvgIpc) is 2.21. The Hall–Kier alpha value is 0.537. The van der Waals surface area contributed by atoms with Crippen molar-refractivity contribution in [2.24, 2.45) is 11.3 Å². The van der Waals surface area contributed by atoms with Crippen molar-refractivity contribution in [3.05, 3.63) is 0 Å². The monoisotopic (exact) mass is 276 g/mol. The zero-order valence-corrected chi connectivity index (χ0v) is 15.0. The molecule has 0 spiro atoms. The van der Waals surface area contributed by atoms with E-state index in [9.17, 15) is 19.8 Å². The largest absolute Gasteiger partial charge is 1.00 e. The Morgan fingerprint density at radius 1 is 1.05 bits per heavy atom. The van der Waals surface area contributed by atoms with E-state index in [4.69, 9.17) is 0 Å². The van der Waals surface area contributed by atoms with Crippen LogP contribution in [0.1, 0.15) is 62.1 Å². The molecule has 0 aromatic rings. The number of carboxylic acids is 2. The van der Waals surface area contributed by atoms with Crippen LogP contribution in [0.25, 0.3) is 0 Å². The minimum Gasteiger partial charge on any atom is -1.00 e. The Kier molecular flexibility index (Phi) is 15.9. The van der Waals surface area contributed by atoms with Crippen molar-refractivity contribution >= 4 is 11.9 Å². The summed E-state index contributed by atoms with van der Waals surface area (Å²) in [7, 11) is 0. The van der Waals surface area contributed by atoms with Crippen molar-refractivity contribution in [3.63, 3.8) is 0 Å². The topological polar surface area (TPSA) is 74.6 Å². The van der Waals surface area contributed by atoms with Gasteiger partial charge in [-0.15, -0.1) is 0 Å². The Morgan fingerprint density at radius 3 is 1.79 bits per heavy atom. The van der Waals surface area contributed by atoms with Gasteiger partial charge in [0.1, 0.15) is 0 Å². The first-order valence-electron chi connectivity index (χ1n) is 6.36. The van der Waals surface area contributed by atoms with E-state index < -0.39 is 23.3 Å². The summed E-state index contributed by atoms with van der Waals surface area (Å²) in [5, 5.41) is 18.4. The van der Waals surface area contributed by atoms with Crippen LogP contribution in [0.15, 0.2) is 0 Å². The molecule has 0 radical (unpaired) electrons. The molecule has 0 aliphatic heterocycles. The van der Waals surface area contributed by atoms with Gasteiger partial charge in [0.2, 0.25) is 0 Å². The number of aliphatic carboxylic acids is 2. The summed E-state index contributed by atoms with van der Waals surface area (Å²) in [6.07, 6.45) is 5.07. The molecular formula is C13H26LiNaO4. The molecule has 0 fully saturated rings. The number of carboxylic acid groups (broad SMARTS) is 2. The normalized spacial score (nSPS) is 10.5. The van der Waals surface area contributed by atoms with Crippen molar-refractivity contribution in [1.82, 2.24) is 0 Å². The second-order valence-corrected chi connectivity index (χ2v) is 4.90. The first-order valence-corrected chi connectivity index (χ1v) is 6.36. The molecule has 0 aliphatic rings. The third kappa shape index (κ3) is 7.20. The van der Waals surface area contributed by atoms with Crippen molar-refractivity contribution in [3.8, 4) is 0 Å². The van der Waals surface area contributed by atoms with Gasteiger partial charge in [0.15, 0.2) is 5.41 Å². The second kappa shape index (κ2) is 12.3. The van der Waals surface area contributed by atoms with Crippen LogP contribution < -0.4 is 48.4 Å². The molecule has 4 nitrogen and oxygen atoms in total. The molecule has 19 heavy (non-hydrogen) atoms. The summed E-state index contributed by atoms with van der Waals surface area (Å²) in [6, 6.07) is 0. The molecule has 0 aliphatic carbocycles. The fourth-order valence-corrected chi connectivity index (χ4v) is 2.10. The zero-order chi connectivity index (χ0) is 13.5. The van der Waals surface area contributed by atoms with Gasteiger partial charge in [0, 0.05) is 0 Å². The van der Waals surface area contributed by atoms with Crippen molar-refractivity contribution in [2.75, 3.05) is 0 Å². The zero-order valence-electron chi connectivity index (χ0n) is 15.0. The molecule has 0 aromatic carbocycles. The predicted molar refractivity (Wildman–Crippen MR) is 68.1 cm³/mol. The van der Waals surface area contributed by atoms with Gasteiger partial charge in [0.05, 0.1) is 0 Å². The molecule has 2 N–H and O–H groups in total. The van der Waals surface area contributed by atoms with Gasteiger partial charge < -0.3 is 13.1 Å². The van der Waals surface area contributed by atoms with E-state index in [2.05, 4.69) is 6.92 Å². The van der Waals surface area contributed by atoms with E-state index in [0.29, 0.717) is 6.42 Å². The number of unbranched alkanes of at least 4 members (excludes halogenated alkanes) is 4. The Labute approximate surface area is 153 Å². The molecule has 0 rings (SSSR count). The number of rotatable bonds is 9. The fraction of sp³-hybridized carbons (Fsp3) is 0.846. The van der Waals surface area contributed by atoms with Crippen molar-refractivity contribution in [1.29, 1.82) is 0 Å². The SMILES string of the molecule is CCCCCCCC(C(=O)O)(C(=O)O)C(C)C.[H-].[H-].[Li+].[Na+]. The van der Waals surface area contributed by atoms with Gasteiger partial charge in [0.25, 0.3) is 0 Å². The summed E-state index contributed by atoms with van der Waals surface area (Å²) < 4.78 is 0. The molecule has 0 heterocycles. The molecule has 0 bridgehead atoms. The number of hydrogen-bond donors (Lipinski definition) is 2. The summed E-state index contributed by atoms with van der Waals surface area (Å²) in [6.45, 7) is 5.43. The maximum Gasteiger partial charge on any atom is 1.00 e. The minimum absolute atomic E-state index is 0. The summed E-state index contributed by atoms with van der Waals surface area (Å²) in [5.41, 5.74) is -1.62. The van der Waals surface area contributed by atoms with Gasteiger partial charge in [-0.2, -0.15) is 0 Å². The van der Waals surface area contributed by atoms with Crippen LogP contribution >= 0.6 is 0 Å². The molecule has 0 unspecified atom stereocenters. The molecule has 0 saturated carbocycles. The van der Waals surface area contributed by atoms with Crippen LogP contribution in [0, 0.1) is 11.3 Å². The Balaban J connectivity index is -0.000000213. The predicted octanol–water partition coefficient (Wildman–Crippen LogP) is -2.61. The van der Waals surface area contributed by atoms with Gasteiger partial charge in [-0.1, -0.05) is 52.9 Å². The van der Waals surface area contributed by atoms with Crippen molar-refractivity contribution in [2.45, 2.75) is 59.3 Å². The summed E-state index contributed by atoms with van der Waals surface area (Å²) in [5.74, 6) is -2.82. The smallest absolute Gasteiger partial charge is 1.00 e. The molecule has 0 amide bonds. The van der Waals surface area contributed by atoms with E-state index in [1.807, 2.05) is 0 Å². The minimum atomic E-state index is -1.62. The van der Waals surface area contributed by atoms with Crippen LogP contribution in [-0.2, 0) is 9.59 Å². The van der Waals surface area contributed by atoms with Crippen LogP contribution in [0.5, 0.6) is 0 Å². The van der Waals surface area contributed by atoms with E-state index in [1.165, 1.54) is 0 Å². The fourth-order valence-electron chi connectivity index (χ4n) is 2.10. The van der Waals surface area contributed by atoms with E-state index in [1.54, 1.807) is 13.8 Å². The van der Waals surface area contributed by atoms with Gasteiger partial charge in [-0.05, 0) is 12.3 Å². The molecule has 104 valence electrons. The molecule has 0 atom stereocenters. The van der Waals surface area contributed by atoms with Gasteiger partial charge in [-0.25, -0.2) is 0 Å². The maximum absolute atomic E-state index is 11.2. The molecule has 0 aromatic heterocycles. The van der Waals surface area contributed by atoms with Crippen LogP contribution in [0.2, 0.25) is 0 Å². The standard InChI is InChI=1S/C13H24O4.Li.Na.2H/c1-4-5-6-7-8-9-13(10(2)3,11(14)15)12(16)17;;;;/h10H,4-9H2,1-3H3,(H,14,15)(H,16,17);;;;/q;2*+1;2*-1. The Morgan fingerprint density at radius 2 is 1.47 bits per heavy atom. The van der Waals surface area contributed by atoms with Crippen LogP contribution in [-0.4, -0.2) is 22.2 Å². The number of hydrogen-bond acceptors (Lipinski definition) is 2. The van der Waals surface area contributed by atoms with E-state index in [-0.39, 0.29) is 57.7 Å². The van der Waals surface area contributed by atoms with Crippen LogP contribution in [0.4, 0.5) is 0 Å². The maximum atomic E-state index is 11.2. The average molecular weight is 276 g/mol. The molecule has 0 saturated heterocycles. The van der Waals surface area contributed by atoms with E-state index in [0.717, 1.165) is 25.7 Å². The molecular weight excluding hydrogens is 250 g/mol. The summed E-state index contributed by atoms with van der Waals surface area (Å²) >= 11 is 0. The van der Waals surface area contributed by atoms with Gasteiger partial charge in [-0.3, -0.25) is 9.59 Å². The van der Waals surface area contributed by atoms with Crippen LogP contribution in [0.3, 0.4) is 0 Å². The quantitative estimate of drug-likeness (QED) is 0.275. The number of carbonyl (C=O) groups is 2. The third-order valence-electron chi connectivity index (χ3n) is 3.42. The molecule has 6 heteroatoms. The van der Waals surface area contributed by atoms with Gasteiger partial charge >= 0.3 is 60.4 Å². The van der Waals surface area contributed by atoms with E-state index >= 15 is 0 Å². The Bertz CT molecular complexity index is 265. The van der Waals surface area contributed by atoms with Crippen molar-refractivity contribution < 1.29 is 71.1 Å². The summed E-state index contributed by atoms with van der Waals surface area (Å²) in [4.78, 5) is 22.5.